The fourth-order valence-electron chi connectivity index (χ4n) is 3.05. The molecule has 5 heteroatoms. The van der Waals surface area contributed by atoms with Gasteiger partial charge in [0.25, 0.3) is 0 Å². The highest BCUT2D eigenvalue weighted by molar-refractivity contribution is 6.13. The van der Waals surface area contributed by atoms with E-state index in [1.54, 1.807) is 13.8 Å². The van der Waals surface area contributed by atoms with Gasteiger partial charge in [0, 0.05) is 16.6 Å². The zero-order valence-corrected chi connectivity index (χ0v) is 14.5. The van der Waals surface area contributed by atoms with Crippen molar-refractivity contribution in [3.8, 4) is 11.1 Å². The van der Waals surface area contributed by atoms with Crippen LogP contribution in [0.25, 0.3) is 22.0 Å². The Labute approximate surface area is 146 Å². The number of ether oxygens (including phenoxy) is 1. The van der Waals surface area contributed by atoms with Gasteiger partial charge in [0.05, 0.1) is 17.8 Å². The molecule has 0 aliphatic rings. The molecule has 0 atom stereocenters. The van der Waals surface area contributed by atoms with Crippen LogP contribution in [0.5, 0.6) is 0 Å². The SMILES string of the molecule is CCOC(=O)Nc1cc(-c2ccccc2)cc2c(C(C)=O)c(C)[nH]c12. The number of fused-ring (bicyclic) bond motifs is 1. The van der Waals surface area contributed by atoms with E-state index >= 15 is 0 Å². The Kier molecular flexibility index (Phi) is 4.57. The number of Topliss-reactive ketones (excluding diaryl/α,β-unsaturated/α-hetero) is 1. The predicted molar refractivity (Wildman–Crippen MR) is 99.1 cm³/mol. The summed E-state index contributed by atoms with van der Waals surface area (Å²) in [5.41, 5.74) is 4.64. The molecule has 1 aromatic heterocycles. The van der Waals surface area contributed by atoms with Crippen molar-refractivity contribution in [3.05, 3.63) is 53.7 Å². The van der Waals surface area contributed by atoms with Crippen molar-refractivity contribution in [1.29, 1.82) is 0 Å². The number of hydrogen-bond acceptors (Lipinski definition) is 3. The highest BCUT2D eigenvalue weighted by Gasteiger charge is 2.18. The van der Waals surface area contributed by atoms with Gasteiger partial charge in [0.1, 0.15) is 0 Å². The molecule has 1 heterocycles. The van der Waals surface area contributed by atoms with Crippen LogP contribution in [0, 0.1) is 6.92 Å². The second kappa shape index (κ2) is 6.81. The van der Waals surface area contributed by atoms with Gasteiger partial charge in [-0.2, -0.15) is 0 Å². The van der Waals surface area contributed by atoms with E-state index in [1.165, 1.54) is 0 Å². The first-order valence-electron chi connectivity index (χ1n) is 8.17. The Hall–Kier alpha value is -3.08. The zero-order valence-electron chi connectivity index (χ0n) is 14.5. The van der Waals surface area contributed by atoms with Crippen molar-refractivity contribution in [2.24, 2.45) is 0 Å². The lowest BCUT2D eigenvalue weighted by Crippen LogP contribution is -2.13. The lowest BCUT2D eigenvalue weighted by atomic mass is 9.99. The van der Waals surface area contributed by atoms with Crippen molar-refractivity contribution in [3.63, 3.8) is 0 Å². The van der Waals surface area contributed by atoms with E-state index in [1.807, 2.05) is 49.4 Å². The molecule has 0 spiro atoms. The molecule has 128 valence electrons. The Morgan fingerprint density at radius 3 is 2.48 bits per heavy atom. The maximum atomic E-state index is 12.1. The van der Waals surface area contributed by atoms with Crippen molar-refractivity contribution in [2.45, 2.75) is 20.8 Å². The standard InChI is InChI=1S/C20H20N2O3/c1-4-25-20(24)22-17-11-15(14-8-6-5-7-9-14)10-16-18(13(3)23)12(2)21-19(16)17/h5-11,21H,4H2,1-3H3,(H,22,24). The number of amides is 1. The van der Waals surface area contributed by atoms with Crippen LogP contribution >= 0.6 is 0 Å². The summed E-state index contributed by atoms with van der Waals surface area (Å²) in [7, 11) is 0. The molecule has 2 N–H and O–H groups in total. The van der Waals surface area contributed by atoms with Crippen LogP contribution in [-0.4, -0.2) is 23.5 Å². The van der Waals surface area contributed by atoms with Crippen molar-refractivity contribution in [1.82, 2.24) is 4.98 Å². The molecule has 0 fully saturated rings. The van der Waals surface area contributed by atoms with Crippen LogP contribution < -0.4 is 5.32 Å². The quantitative estimate of drug-likeness (QED) is 0.665. The summed E-state index contributed by atoms with van der Waals surface area (Å²) < 4.78 is 4.99. The molecule has 3 aromatic rings. The van der Waals surface area contributed by atoms with Gasteiger partial charge in [-0.1, -0.05) is 30.3 Å². The van der Waals surface area contributed by atoms with Crippen LogP contribution in [0.4, 0.5) is 10.5 Å². The first-order valence-corrected chi connectivity index (χ1v) is 8.17. The molecule has 0 radical (unpaired) electrons. The summed E-state index contributed by atoms with van der Waals surface area (Å²) in [6.07, 6.45) is -0.523. The molecule has 0 saturated carbocycles. The molecule has 5 nitrogen and oxygen atoms in total. The van der Waals surface area contributed by atoms with Gasteiger partial charge >= 0.3 is 6.09 Å². The number of hydrogen-bond donors (Lipinski definition) is 2. The van der Waals surface area contributed by atoms with Crippen molar-refractivity contribution in [2.75, 3.05) is 11.9 Å². The first-order chi connectivity index (χ1) is 12.0. The maximum absolute atomic E-state index is 12.1. The first kappa shape index (κ1) is 16.8. The van der Waals surface area contributed by atoms with E-state index in [4.69, 9.17) is 4.74 Å². The molecule has 0 aliphatic heterocycles. The fraction of sp³-hybridized carbons (Fsp3) is 0.200. The van der Waals surface area contributed by atoms with Gasteiger partial charge in [-0.25, -0.2) is 4.79 Å². The second-order valence-electron chi connectivity index (χ2n) is 5.84. The Morgan fingerprint density at radius 1 is 1.12 bits per heavy atom. The van der Waals surface area contributed by atoms with Crippen LogP contribution in [0.1, 0.15) is 29.9 Å². The van der Waals surface area contributed by atoms with Gasteiger partial charge < -0.3 is 9.72 Å². The molecule has 0 aliphatic carbocycles. The molecule has 0 unspecified atom stereocenters. The van der Waals surface area contributed by atoms with E-state index in [0.29, 0.717) is 11.3 Å². The van der Waals surface area contributed by atoms with E-state index in [9.17, 15) is 9.59 Å². The van der Waals surface area contributed by atoms with Crippen LogP contribution in [-0.2, 0) is 4.74 Å². The molecule has 3 rings (SSSR count). The summed E-state index contributed by atoms with van der Waals surface area (Å²) in [5, 5.41) is 3.56. The molecule has 0 saturated heterocycles. The van der Waals surface area contributed by atoms with Crippen molar-refractivity contribution >= 4 is 28.5 Å². The summed E-state index contributed by atoms with van der Waals surface area (Å²) >= 11 is 0. The number of rotatable bonds is 4. The van der Waals surface area contributed by atoms with Crippen LogP contribution in [0.3, 0.4) is 0 Å². The number of aryl methyl sites for hydroxylation is 1. The lowest BCUT2D eigenvalue weighted by Gasteiger charge is -2.10. The topological polar surface area (TPSA) is 71.2 Å². The normalized spacial score (nSPS) is 10.7. The summed E-state index contributed by atoms with van der Waals surface area (Å²) in [6.45, 7) is 5.44. The molecule has 1 amide bonds. The molecule has 25 heavy (non-hydrogen) atoms. The number of H-pyrrole nitrogens is 1. The number of aromatic amines is 1. The van der Waals surface area contributed by atoms with E-state index in [2.05, 4.69) is 10.3 Å². The molecular formula is C20H20N2O3. The van der Waals surface area contributed by atoms with Gasteiger partial charge in [-0.05, 0) is 44.0 Å². The Balaban J connectivity index is 2.23. The van der Waals surface area contributed by atoms with E-state index < -0.39 is 6.09 Å². The number of nitrogens with one attached hydrogen (secondary N) is 2. The van der Waals surface area contributed by atoms with Crippen LogP contribution in [0.15, 0.2) is 42.5 Å². The highest BCUT2D eigenvalue weighted by Crippen LogP contribution is 2.34. The number of carbonyl (C=O) groups excluding carboxylic acids is 2. The number of benzene rings is 2. The molecular weight excluding hydrogens is 316 g/mol. The molecule has 0 bridgehead atoms. The maximum Gasteiger partial charge on any atom is 0.411 e. The lowest BCUT2D eigenvalue weighted by molar-refractivity contribution is 0.101. The second-order valence-corrected chi connectivity index (χ2v) is 5.84. The van der Waals surface area contributed by atoms with Gasteiger partial charge in [0.15, 0.2) is 5.78 Å². The average molecular weight is 336 g/mol. The number of anilines is 1. The predicted octanol–water partition coefficient (Wildman–Crippen LogP) is 4.91. The average Bonchev–Trinajstić information content (AvgIpc) is 2.92. The van der Waals surface area contributed by atoms with Crippen molar-refractivity contribution < 1.29 is 14.3 Å². The number of carbonyl (C=O) groups is 2. The number of ketones is 1. The third kappa shape index (κ3) is 3.26. The highest BCUT2D eigenvalue weighted by atomic mass is 16.5. The fourth-order valence-corrected chi connectivity index (χ4v) is 3.05. The van der Waals surface area contributed by atoms with Crippen LogP contribution in [0.2, 0.25) is 0 Å². The minimum absolute atomic E-state index is 0.0175. The largest absolute Gasteiger partial charge is 0.450 e. The van der Waals surface area contributed by atoms with Gasteiger partial charge in [-0.15, -0.1) is 0 Å². The summed E-state index contributed by atoms with van der Waals surface area (Å²) in [6, 6.07) is 13.7. The smallest absolute Gasteiger partial charge is 0.411 e. The van der Waals surface area contributed by atoms with E-state index in [-0.39, 0.29) is 12.4 Å². The third-order valence-corrected chi connectivity index (χ3v) is 4.07. The minimum atomic E-state index is -0.523. The number of aromatic nitrogens is 1. The van der Waals surface area contributed by atoms with Gasteiger partial charge in [-0.3, -0.25) is 10.1 Å². The Bertz CT molecular complexity index is 942. The van der Waals surface area contributed by atoms with Gasteiger partial charge in [0.2, 0.25) is 0 Å². The monoisotopic (exact) mass is 336 g/mol. The molecule has 2 aromatic carbocycles. The summed E-state index contributed by atoms with van der Waals surface area (Å²) in [5.74, 6) is -0.0175. The minimum Gasteiger partial charge on any atom is -0.450 e. The Morgan fingerprint density at radius 2 is 1.84 bits per heavy atom. The summed E-state index contributed by atoms with van der Waals surface area (Å²) in [4.78, 5) is 27.2. The zero-order chi connectivity index (χ0) is 18.0. The third-order valence-electron chi connectivity index (χ3n) is 4.07. The van der Waals surface area contributed by atoms with E-state index in [0.717, 1.165) is 27.7 Å².